The summed E-state index contributed by atoms with van der Waals surface area (Å²) in [4.78, 5) is 24.8. The van der Waals surface area contributed by atoms with Gasteiger partial charge in [0.2, 0.25) is 0 Å². The van der Waals surface area contributed by atoms with Crippen LogP contribution in [-0.4, -0.2) is 34.9 Å². The minimum absolute atomic E-state index is 0.406. The zero-order valence-corrected chi connectivity index (χ0v) is 20.5. The van der Waals surface area contributed by atoms with Crippen molar-refractivity contribution in [3.05, 3.63) is 84.4 Å². The van der Waals surface area contributed by atoms with E-state index in [1.807, 2.05) is 30.3 Å². The lowest BCUT2D eigenvalue weighted by Gasteiger charge is -2.29. The van der Waals surface area contributed by atoms with Crippen molar-refractivity contribution in [3.63, 3.8) is 0 Å². The van der Waals surface area contributed by atoms with Gasteiger partial charge in [-0.3, -0.25) is 4.79 Å². The first-order valence-corrected chi connectivity index (χ1v) is 11.4. The van der Waals surface area contributed by atoms with Crippen LogP contribution in [0.2, 0.25) is 0 Å². The summed E-state index contributed by atoms with van der Waals surface area (Å²) in [6.07, 6.45) is -0.787. The molecule has 184 valence electrons. The number of benzene rings is 3. The summed E-state index contributed by atoms with van der Waals surface area (Å²) < 4.78 is 11.0. The third-order valence-electron chi connectivity index (χ3n) is 5.17. The molecular weight excluding hydrogens is 444 g/mol. The average Bonchev–Trinajstić information content (AvgIpc) is 2.83. The van der Waals surface area contributed by atoms with E-state index in [0.717, 1.165) is 16.7 Å². The molecule has 0 aromatic heterocycles. The molecule has 35 heavy (non-hydrogen) atoms. The van der Waals surface area contributed by atoms with E-state index in [2.05, 4.69) is 34.9 Å². The minimum Gasteiger partial charge on any atom is -0.489 e. The third kappa shape index (κ3) is 7.58. The van der Waals surface area contributed by atoms with Crippen LogP contribution in [0.25, 0.3) is 11.1 Å². The number of alkyl carbamates (subject to hydrolysis) is 1. The van der Waals surface area contributed by atoms with Gasteiger partial charge in [0.25, 0.3) is 5.91 Å². The molecule has 0 unspecified atom stereocenters. The Kier molecular flexibility index (Phi) is 8.14. The van der Waals surface area contributed by atoms with E-state index in [1.165, 1.54) is 6.92 Å². The molecule has 0 aliphatic heterocycles. The van der Waals surface area contributed by atoms with Crippen molar-refractivity contribution in [1.29, 1.82) is 0 Å². The van der Waals surface area contributed by atoms with Crippen molar-refractivity contribution in [2.75, 3.05) is 11.9 Å². The molecule has 0 saturated heterocycles. The van der Waals surface area contributed by atoms with Gasteiger partial charge in [0.05, 0.1) is 6.61 Å². The largest absolute Gasteiger partial charge is 0.489 e. The Bertz CT molecular complexity index is 1120. The molecule has 7 heteroatoms. The lowest BCUT2D eigenvalue weighted by Crippen LogP contribution is -2.58. The van der Waals surface area contributed by atoms with E-state index in [-0.39, 0.29) is 0 Å². The number of anilines is 1. The van der Waals surface area contributed by atoms with Gasteiger partial charge in [-0.25, -0.2) is 4.79 Å². The first kappa shape index (κ1) is 25.8. The predicted molar refractivity (Wildman–Crippen MR) is 136 cm³/mol. The second-order valence-electron chi connectivity index (χ2n) is 9.45. The molecular formula is C28H32N2O5. The maximum absolute atomic E-state index is 12.7. The van der Waals surface area contributed by atoms with E-state index in [1.54, 1.807) is 45.0 Å². The van der Waals surface area contributed by atoms with Crippen molar-refractivity contribution in [1.82, 2.24) is 5.32 Å². The van der Waals surface area contributed by atoms with Crippen molar-refractivity contribution in [2.45, 2.75) is 45.4 Å². The highest BCUT2D eigenvalue weighted by Crippen LogP contribution is 2.21. The topological polar surface area (TPSA) is 96.9 Å². The van der Waals surface area contributed by atoms with Crippen molar-refractivity contribution >= 4 is 17.7 Å². The standard InChI is InChI=1S/C28H32N2O5/c1-27(2,3)35-26(33)30-28(4,19-31)25(32)29-23-14-16-24(17-15-23)34-18-20-10-12-22(13-11-20)21-8-6-5-7-9-21/h5-17,31H,18-19H2,1-4H3,(H,29,32)(H,30,33)/t28-/m0/s1. The molecule has 0 radical (unpaired) electrons. The molecule has 0 spiro atoms. The normalized spacial score (nSPS) is 12.8. The van der Waals surface area contributed by atoms with Gasteiger partial charge < -0.3 is 25.2 Å². The van der Waals surface area contributed by atoms with Gasteiger partial charge in [-0.05, 0) is 68.7 Å². The predicted octanol–water partition coefficient (Wildman–Crippen LogP) is 5.15. The van der Waals surface area contributed by atoms with E-state index < -0.39 is 29.7 Å². The summed E-state index contributed by atoms with van der Waals surface area (Å²) in [6.45, 7) is 6.38. The van der Waals surface area contributed by atoms with Gasteiger partial charge in [0, 0.05) is 5.69 Å². The summed E-state index contributed by atoms with van der Waals surface area (Å²) >= 11 is 0. The second-order valence-corrected chi connectivity index (χ2v) is 9.45. The lowest BCUT2D eigenvalue weighted by atomic mass is 10.0. The van der Waals surface area contributed by atoms with Crippen LogP contribution in [0.5, 0.6) is 5.75 Å². The Morgan fingerprint density at radius 3 is 2.00 bits per heavy atom. The van der Waals surface area contributed by atoms with Gasteiger partial charge in [-0.1, -0.05) is 54.6 Å². The fourth-order valence-corrected chi connectivity index (χ4v) is 3.19. The Hall–Kier alpha value is -3.84. The summed E-state index contributed by atoms with van der Waals surface area (Å²) in [5, 5.41) is 14.9. The van der Waals surface area contributed by atoms with Crippen LogP contribution >= 0.6 is 0 Å². The molecule has 0 bridgehead atoms. The summed E-state index contributed by atoms with van der Waals surface area (Å²) in [5.74, 6) is 0.0740. The highest BCUT2D eigenvalue weighted by Gasteiger charge is 2.36. The number of hydrogen-bond acceptors (Lipinski definition) is 5. The molecule has 3 N–H and O–H groups in total. The monoisotopic (exact) mass is 476 g/mol. The number of rotatable bonds is 8. The molecule has 0 saturated carbocycles. The fourth-order valence-electron chi connectivity index (χ4n) is 3.19. The van der Waals surface area contributed by atoms with Gasteiger partial charge in [-0.2, -0.15) is 0 Å². The first-order chi connectivity index (χ1) is 16.6. The van der Waals surface area contributed by atoms with E-state index in [9.17, 15) is 14.7 Å². The summed E-state index contributed by atoms with van der Waals surface area (Å²) in [7, 11) is 0. The molecule has 3 rings (SSSR count). The molecule has 0 aliphatic rings. The Morgan fingerprint density at radius 1 is 0.829 bits per heavy atom. The fraction of sp³-hybridized carbons (Fsp3) is 0.286. The van der Waals surface area contributed by atoms with Crippen molar-refractivity contribution in [2.24, 2.45) is 0 Å². The molecule has 0 aliphatic carbocycles. The number of carbonyl (C=O) groups excluding carboxylic acids is 2. The van der Waals surface area contributed by atoms with Gasteiger partial charge in [0.1, 0.15) is 23.5 Å². The van der Waals surface area contributed by atoms with Gasteiger partial charge >= 0.3 is 6.09 Å². The van der Waals surface area contributed by atoms with Crippen molar-refractivity contribution < 1.29 is 24.2 Å². The number of aliphatic hydroxyl groups is 1. The molecule has 7 nitrogen and oxygen atoms in total. The van der Waals surface area contributed by atoms with E-state index >= 15 is 0 Å². The molecule has 0 fully saturated rings. The zero-order chi connectivity index (χ0) is 25.5. The third-order valence-corrected chi connectivity index (χ3v) is 5.17. The Labute approximate surface area is 206 Å². The maximum atomic E-state index is 12.7. The smallest absolute Gasteiger partial charge is 0.408 e. The number of amides is 2. The SMILES string of the molecule is CC(C)(C)OC(=O)N[C@@](C)(CO)C(=O)Nc1ccc(OCc2ccc(-c3ccccc3)cc2)cc1. The van der Waals surface area contributed by atoms with Crippen LogP contribution in [0.4, 0.5) is 10.5 Å². The molecule has 3 aromatic rings. The maximum Gasteiger partial charge on any atom is 0.408 e. The van der Waals surface area contributed by atoms with Crippen molar-refractivity contribution in [3.8, 4) is 16.9 Å². The van der Waals surface area contributed by atoms with E-state index in [0.29, 0.717) is 18.0 Å². The van der Waals surface area contributed by atoms with Crippen LogP contribution < -0.4 is 15.4 Å². The first-order valence-electron chi connectivity index (χ1n) is 11.4. The molecule has 3 aromatic carbocycles. The summed E-state index contributed by atoms with van der Waals surface area (Å²) in [5.41, 5.74) is 1.57. The lowest BCUT2D eigenvalue weighted by molar-refractivity contribution is -0.123. The van der Waals surface area contributed by atoms with Crippen LogP contribution in [0.15, 0.2) is 78.9 Å². The van der Waals surface area contributed by atoms with Crippen LogP contribution in [0.3, 0.4) is 0 Å². The molecule has 0 heterocycles. The van der Waals surface area contributed by atoms with E-state index in [4.69, 9.17) is 9.47 Å². The number of nitrogens with one attached hydrogen (secondary N) is 2. The average molecular weight is 477 g/mol. The van der Waals surface area contributed by atoms with Gasteiger partial charge in [-0.15, -0.1) is 0 Å². The number of ether oxygens (including phenoxy) is 2. The summed E-state index contributed by atoms with van der Waals surface area (Å²) in [6, 6.07) is 25.2. The highest BCUT2D eigenvalue weighted by molar-refractivity contribution is 5.99. The van der Waals surface area contributed by atoms with Crippen LogP contribution in [-0.2, 0) is 16.1 Å². The quantitative estimate of drug-likeness (QED) is 0.418. The Morgan fingerprint density at radius 2 is 1.43 bits per heavy atom. The molecule has 2 amide bonds. The minimum atomic E-state index is -1.55. The van der Waals surface area contributed by atoms with Crippen LogP contribution in [0, 0.1) is 0 Å². The Balaban J connectivity index is 1.54. The van der Waals surface area contributed by atoms with Crippen LogP contribution in [0.1, 0.15) is 33.3 Å². The highest BCUT2D eigenvalue weighted by atomic mass is 16.6. The zero-order valence-electron chi connectivity index (χ0n) is 20.5. The molecule has 1 atom stereocenters. The number of hydrogen-bond donors (Lipinski definition) is 3. The van der Waals surface area contributed by atoms with Gasteiger partial charge in [0.15, 0.2) is 0 Å². The second kappa shape index (κ2) is 11.1. The number of carbonyl (C=O) groups is 2. The number of aliphatic hydroxyl groups excluding tert-OH is 1.